The Morgan fingerprint density at radius 1 is 1.00 bits per heavy atom. The van der Waals surface area contributed by atoms with Crippen LogP contribution < -0.4 is 10.2 Å². The summed E-state index contributed by atoms with van der Waals surface area (Å²) in [4.78, 5) is 41.5. The molecule has 5 heterocycles. The summed E-state index contributed by atoms with van der Waals surface area (Å²) in [6.07, 6.45) is 6.83. The van der Waals surface area contributed by atoms with Crippen molar-refractivity contribution in [1.29, 1.82) is 0 Å². The quantitative estimate of drug-likeness (QED) is 0.470. The molecule has 2 aliphatic heterocycles. The van der Waals surface area contributed by atoms with Gasteiger partial charge in [0.1, 0.15) is 17.6 Å². The Balaban J connectivity index is 1.08. The van der Waals surface area contributed by atoms with Crippen molar-refractivity contribution in [3.8, 4) is 11.4 Å². The fourth-order valence-corrected chi connectivity index (χ4v) is 6.21. The van der Waals surface area contributed by atoms with E-state index in [2.05, 4.69) is 20.1 Å². The Morgan fingerprint density at radius 2 is 1.79 bits per heavy atom. The summed E-state index contributed by atoms with van der Waals surface area (Å²) in [6.45, 7) is 4.47. The van der Waals surface area contributed by atoms with Gasteiger partial charge in [0.05, 0.1) is 17.5 Å². The van der Waals surface area contributed by atoms with Crippen molar-refractivity contribution in [3.05, 3.63) is 47.6 Å². The highest BCUT2D eigenvalue weighted by Gasteiger charge is 2.38. The van der Waals surface area contributed by atoms with Gasteiger partial charge in [0.15, 0.2) is 5.13 Å². The van der Waals surface area contributed by atoms with Crippen LogP contribution in [0.2, 0.25) is 0 Å². The van der Waals surface area contributed by atoms with Crippen molar-refractivity contribution in [2.24, 2.45) is 0 Å². The lowest BCUT2D eigenvalue weighted by molar-refractivity contribution is -0.123. The third-order valence-electron chi connectivity index (χ3n) is 7.31. The predicted molar refractivity (Wildman–Crippen MR) is 145 cm³/mol. The number of nitrogens with one attached hydrogen (secondary N) is 1. The first kappa shape index (κ1) is 25.0. The maximum absolute atomic E-state index is 12.9. The molecular weight excluding hydrogens is 526 g/mol. The summed E-state index contributed by atoms with van der Waals surface area (Å²) < 4.78 is 24.4. The Hall–Kier alpha value is -3.29. The van der Waals surface area contributed by atoms with E-state index in [0.29, 0.717) is 23.8 Å². The lowest BCUT2D eigenvalue weighted by Crippen LogP contribution is -2.56. The molecule has 2 amide bonds. The third-order valence-corrected chi connectivity index (χ3v) is 9.06. The first-order valence-corrected chi connectivity index (χ1v) is 15.4. The normalized spacial score (nSPS) is 20.3. The molecule has 0 unspecified atom stereocenters. The Kier molecular flexibility index (Phi) is 6.44. The number of hydrogen-bond acceptors (Lipinski definition) is 9. The van der Waals surface area contributed by atoms with E-state index in [9.17, 15) is 18.0 Å². The van der Waals surface area contributed by atoms with Crippen LogP contribution in [0, 0.1) is 0 Å². The number of pyridine rings is 1. The van der Waals surface area contributed by atoms with E-state index in [-0.39, 0.29) is 17.4 Å². The molecule has 6 rings (SSSR count). The van der Waals surface area contributed by atoms with Crippen molar-refractivity contribution in [2.45, 2.75) is 31.3 Å². The Labute approximate surface area is 225 Å². The smallest absolute Gasteiger partial charge is 0.256 e. The molecule has 38 heavy (non-hydrogen) atoms. The average molecular weight is 556 g/mol. The van der Waals surface area contributed by atoms with Gasteiger partial charge < -0.3 is 15.1 Å². The SMILES string of the molecule is CS(=O)(=O)n1ccc(C(=O)N2CC[C@H]2C(=O)Nc2nc(-c3cccc(N4CCN(C5CC5)CC4)n3)cs2)c1. The standard InChI is InChI=1S/C25H29N7O4S2/c1-38(35,36)31-9-7-17(15-31)24(34)32-10-8-21(32)23(33)28-25-27-20(16-37-25)19-3-2-4-22(26-19)30-13-11-29(12-14-30)18-5-6-18/h2-4,7,9,15-16,18,21H,5-6,8,10-14H2,1H3,(H,27,28,33)/t21-/m0/s1. The number of amides is 2. The molecule has 0 bridgehead atoms. The summed E-state index contributed by atoms with van der Waals surface area (Å²) in [5.74, 6) is 0.241. The van der Waals surface area contributed by atoms with E-state index in [1.54, 1.807) is 0 Å². The van der Waals surface area contributed by atoms with E-state index in [0.717, 1.165) is 54.0 Å². The minimum Gasteiger partial charge on any atom is -0.354 e. The zero-order valence-corrected chi connectivity index (χ0v) is 22.6. The molecule has 1 saturated carbocycles. The van der Waals surface area contributed by atoms with Crippen LogP contribution in [-0.4, -0.2) is 95.0 Å². The molecule has 3 aromatic rings. The summed E-state index contributed by atoms with van der Waals surface area (Å²) in [5.41, 5.74) is 1.66. The number of thiazole rings is 1. The van der Waals surface area contributed by atoms with Crippen LogP contribution in [0.15, 0.2) is 42.0 Å². The van der Waals surface area contributed by atoms with E-state index < -0.39 is 16.1 Å². The summed E-state index contributed by atoms with van der Waals surface area (Å²) in [6, 6.07) is 7.52. The number of aromatic nitrogens is 3. The zero-order chi connectivity index (χ0) is 26.4. The molecule has 11 nitrogen and oxygen atoms in total. The molecule has 3 aromatic heterocycles. The molecule has 1 N–H and O–H groups in total. The van der Waals surface area contributed by atoms with Crippen LogP contribution in [0.4, 0.5) is 10.9 Å². The second-order valence-corrected chi connectivity index (χ2v) is 12.7. The highest BCUT2D eigenvalue weighted by molar-refractivity contribution is 7.89. The van der Waals surface area contributed by atoms with Gasteiger partial charge in [-0.1, -0.05) is 6.07 Å². The number of carbonyl (C=O) groups is 2. The average Bonchev–Trinajstić information content (AvgIpc) is 3.39. The van der Waals surface area contributed by atoms with Gasteiger partial charge in [-0.15, -0.1) is 11.3 Å². The highest BCUT2D eigenvalue weighted by atomic mass is 32.2. The molecule has 0 aromatic carbocycles. The fraction of sp³-hybridized carbons (Fsp3) is 0.440. The van der Waals surface area contributed by atoms with Crippen LogP contribution in [-0.2, 0) is 14.8 Å². The molecular formula is C25H29N7O4S2. The maximum atomic E-state index is 12.9. The molecule has 3 aliphatic rings. The second kappa shape index (κ2) is 9.79. The van der Waals surface area contributed by atoms with Crippen LogP contribution in [0.3, 0.4) is 0 Å². The monoisotopic (exact) mass is 555 g/mol. The largest absolute Gasteiger partial charge is 0.354 e. The topological polar surface area (TPSA) is 121 Å². The number of anilines is 2. The minimum absolute atomic E-state index is 0.226. The van der Waals surface area contributed by atoms with Crippen molar-refractivity contribution in [1.82, 2.24) is 23.7 Å². The summed E-state index contributed by atoms with van der Waals surface area (Å²) >= 11 is 1.31. The predicted octanol–water partition coefficient (Wildman–Crippen LogP) is 1.95. The van der Waals surface area contributed by atoms with Crippen molar-refractivity contribution < 1.29 is 18.0 Å². The van der Waals surface area contributed by atoms with Gasteiger partial charge in [0, 0.05) is 56.5 Å². The van der Waals surface area contributed by atoms with Crippen molar-refractivity contribution in [3.63, 3.8) is 0 Å². The first-order chi connectivity index (χ1) is 18.3. The number of hydrogen-bond donors (Lipinski definition) is 1. The van der Waals surface area contributed by atoms with Crippen LogP contribution in [0.1, 0.15) is 29.6 Å². The van der Waals surface area contributed by atoms with Gasteiger partial charge >= 0.3 is 0 Å². The first-order valence-electron chi connectivity index (χ1n) is 12.7. The van der Waals surface area contributed by atoms with Crippen molar-refractivity contribution >= 4 is 44.1 Å². The zero-order valence-electron chi connectivity index (χ0n) is 21.0. The van der Waals surface area contributed by atoms with Crippen molar-refractivity contribution in [2.75, 3.05) is 49.2 Å². The molecule has 2 saturated heterocycles. The Morgan fingerprint density at radius 3 is 2.45 bits per heavy atom. The van der Waals surface area contributed by atoms with Gasteiger partial charge in [-0.3, -0.25) is 18.5 Å². The van der Waals surface area contributed by atoms with Gasteiger partial charge in [0.2, 0.25) is 15.9 Å². The number of piperazine rings is 1. The van der Waals surface area contributed by atoms with Crippen LogP contribution >= 0.6 is 11.3 Å². The molecule has 3 fully saturated rings. The van der Waals surface area contributed by atoms with Gasteiger partial charge in [-0.05, 0) is 37.5 Å². The summed E-state index contributed by atoms with van der Waals surface area (Å²) in [7, 11) is -3.48. The lowest BCUT2D eigenvalue weighted by Gasteiger charge is -2.39. The van der Waals surface area contributed by atoms with Crippen LogP contribution in [0.5, 0.6) is 0 Å². The minimum atomic E-state index is -3.48. The molecule has 200 valence electrons. The van der Waals surface area contributed by atoms with Gasteiger partial charge in [-0.25, -0.2) is 18.4 Å². The Bertz CT molecular complexity index is 1470. The highest BCUT2D eigenvalue weighted by Crippen LogP contribution is 2.30. The second-order valence-electron chi connectivity index (χ2n) is 9.96. The summed E-state index contributed by atoms with van der Waals surface area (Å²) in [5, 5.41) is 5.14. The fourth-order valence-electron chi connectivity index (χ4n) is 4.91. The molecule has 1 aliphatic carbocycles. The number of carbonyl (C=O) groups excluding carboxylic acids is 2. The van der Waals surface area contributed by atoms with E-state index in [1.807, 2.05) is 23.6 Å². The number of rotatable bonds is 7. The van der Waals surface area contributed by atoms with Gasteiger partial charge in [-0.2, -0.15) is 0 Å². The molecule has 1 atom stereocenters. The van der Waals surface area contributed by atoms with E-state index in [1.165, 1.54) is 47.5 Å². The third kappa shape index (κ3) is 5.05. The maximum Gasteiger partial charge on any atom is 0.256 e. The molecule has 0 radical (unpaired) electrons. The van der Waals surface area contributed by atoms with Gasteiger partial charge in [0.25, 0.3) is 5.91 Å². The van der Waals surface area contributed by atoms with E-state index in [4.69, 9.17) is 4.98 Å². The lowest BCUT2D eigenvalue weighted by atomic mass is 10.0. The number of nitrogens with zero attached hydrogens (tertiary/aromatic N) is 6. The molecule has 13 heteroatoms. The molecule has 0 spiro atoms. The number of likely N-dealkylation sites (tertiary alicyclic amines) is 1. The van der Waals surface area contributed by atoms with E-state index >= 15 is 0 Å². The van der Waals surface area contributed by atoms with Crippen LogP contribution in [0.25, 0.3) is 11.4 Å².